The van der Waals surface area contributed by atoms with Crippen molar-refractivity contribution in [3.63, 3.8) is 0 Å². The summed E-state index contributed by atoms with van der Waals surface area (Å²) in [5.74, 6) is 1.59. The van der Waals surface area contributed by atoms with Crippen molar-refractivity contribution < 1.29 is 14.6 Å². The summed E-state index contributed by atoms with van der Waals surface area (Å²) in [7, 11) is 1.67. The maximum atomic E-state index is 11.2. The molecule has 2 aromatic carbocycles. The summed E-state index contributed by atoms with van der Waals surface area (Å²) in [4.78, 5) is 6.83. The molecule has 0 spiro atoms. The summed E-state index contributed by atoms with van der Waals surface area (Å²) in [6, 6.07) is 17.4. The number of halogens is 1. The molecule has 2 aliphatic rings. The van der Waals surface area contributed by atoms with Gasteiger partial charge in [0.1, 0.15) is 18.1 Å². The minimum atomic E-state index is -0.835. The summed E-state index contributed by atoms with van der Waals surface area (Å²) in [6.07, 6.45) is 5.97. The number of allylic oxidation sites excluding steroid dienone is 1. The molecule has 180 valence electrons. The van der Waals surface area contributed by atoms with Crippen LogP contribution in [0.15, 0.2) is 79.1 Å². The molecule has 1 saturated heterocycles. The largest absolute Gasteiger partial charge is 0.497 e. The minimum Gasteiger partial charge on any atom is -0.497 e. The molecular formula is C29H29ClN2O3. The number of rotatable bonds is 5. The van der Waals surface area contributed by atoms with Gasteiger partial charge in [-0.25, -0.2) is 0 Å². The van der Waals surface area contributed by atoms with Crippen LogP contribution in [-0.2, 0) is 12.2 Å². The fourth-order valence-corrected chi connectivity index (χ4v) is 5.00. The van der Waals surface area contributed by atoms with Crippen LogP contribution in [0.25, 0.3) is 5.57 Å². The first-order chi connectivity index (χ1) is 17.0. The zero-order chi connectivity index (χ0) is 24.4. The number of ether oxygens (including phenoxy) is 2. The van der Waals surface area contributed by atoms with Crippen LogP contribution >= 0.6 is 11.6 Å². The standard InChI is InChI=1S/C29H29ClN2O3/c1-20(32-16-13-29(33,14-17-32)21-6-8-22(30)9-7-21)5-11-24-25-4-3-15-31-27(25)19-35-28-12-10-23(34-2)18-26(24)28/h3-4,6-12,15,18,33H,1,5,13-14,16-17,19H2,2H3. The van der Waals surface area contributed by atoms with Crippen LogP contribution in [0.3, 0.4) is 0 Å². The SMILES string of the molecule is C=C(CC=C1c2cc(OC)ccc2OCc2ncccc21)N1CCC(O)(c2ccc(Cl)cc2)CC1. The Bertz CT molecular complexity index is 1260. The van der Waals surface area contributed by atoms with Crippen LogP contribution in [0, 0.1) is 0 Å². The zero-order valence-corrected chi connectivity index (χ0v) is 20.6. The number of methoxy groups -OCH3 is 1. The Balaban J connectivity index is 1.36. The van der Waals surface area contributed by atoms with Gasteiger partial charge in [0.15, 0.2) is 0 Å². The zero-order valence-electron chi connectivity index (χ0n) is 19.8. The van der Waals surface area contributed by atoms with E-state index in [4.69, 9.17) is 21.1 Å². The Labute approximate surface area is 211 Å². The van der Waals surface area contributed by atoms with Crippen molar-refractivity contribution in [2.24, 2.45) is 0 Å². The molecule has 6 heteroatoms. The van der Waals surface area contributed by atoms with Gasteiger partial charge in [0.25, 0.3) is 0 Å². The number of pyridine rings is 1. The van der Waals surface area contributed by atoms with Crippen molar-refractivity contribution in [1.82, 2.24) is 9.88 Å². The van der Waals surface area contributed by atoms with E-state index in [1.54, 1.807) is 13.3 Å². The molecule has 0 bridgehead atoms. The molecule has 1 fully saturated rings. The van der Waals surface area contributed by atoms with Gasteiger partial charge in [-0.1, -0.05) is 42.5 Å². The maximum absolute atomic E-state index is 11.2. The molecule has 0 amide bonds. The van der Waals surface area contributed by atoms with Gasteiger partial charge in [-0.05, 0) is 60.4 Å². The molecule has 3 aromatic rings. The highest BCUT2D eigenvalue weighted by Crippen LogP contribution is 2.39. The highest BCUT2D eigenvalue weighted by Gasteiger charge is 2.34. The summed E-state index contributed by atoms with van der Waals surface area (Å²) in [6.45, 7) is 6.28. The second kappa shape index (κ2) is 9.76. The van der Waals surface area contributed by atoms with E-state index in [1.165, 1.54) is 0 Å². The fraction of sp³-hybridized carbons (Fsp3) is 0.276. The predicted molar refractivity (Wildman–Crippen MR) is 139 cm³/mol. The number of benzene rings is 2. The molecule has 0 aliphatic carbocycles. The van der Waals surface area contributed by atoms with E-state index < -0.39 is 5.60 Å². The summed E-state index contributed by atoms with van der Waals surface area (Å²) < 4.78 is 11.6. The number of aromatic nitrogens is 1. The van der Waals surface area contributed by atoms with Gasteiger partial charge in [0, 0.05) is 47.6 Å². The minimum absolute atomic E-state index is 0.420. The molecule has 1 aromatic heterocycles. The molecule has 2 aliphatic heterocycles. The van der Waals surface area contributed by atoms with Crippen LogP contribution in [0.2, 0.25) is 5.02 Å². The van der Waals surface area contributed by atoms with Crippen molar-refractivity contribution >= 4 is 17.2 Å². The molecule has 1 N–H and O–H groups in total. The number of aliphatic hydroxyl groups is 1. The van der Waals surface area contributed by atoms with Crippen molar-refractivity contribution in [2.75, 3.05) is 20.2 Å². The van der Waals surface area contributed by atoms with Crippen LogP contribution in [0.1, 0.15) is 41.6 Å². The number of fused-ring (bicyclic) bond motifs is 2. The van der Waals surface area contributed by atoms with Crippen molar-refractivity contribution in [3.8, 4) is 11.5 Å². The number of likely N-dealkylation sites (tertiary alicyclic amines) is 1. The van der Waals surface area contributed by atoms with E-state index in [0.29, 0.717) is 30.9 Å². The molecule has 3 heterocycles. The van der Waals surface area contributed by atoms with Crippen LogP contribution in [0.4, 0.5) is 0 Å². The highest BCUT2D eigenvalue weighted by molar-refractivity contribution is 6.30. The lowest BCUT2D eigenvalue weighted by atomic mass is 9.84. The Morgan fingerprint density at radius 1 is 1.17 bits per heavy atom. The third kappa shape index (κ3) is 4.79. The van der Waals surface area contributed by atoms with E-state index in [1.807, 2.05) is 48.5 Å². The Kier molecular flexibility index (Phi) is 6.54. The van der Waals surface area contributed by atoms with Crippen LogP contribution < -0.4 is 9.47 Å². The van der Waals surface area contributed by atoms with Gasteiger partial charge in [-0.15, -0.1) is 0 Å². The highest BCUT2D eigenvalue weighted by atomic mass is 35.5. The molecule has 0 unspecified atom stereocenters. The Morgan fingerprint density at radius 3 is 2.69 bits per heavy atom. The van der Waals surface area contributed by atoms with E-state index in [9.17, 15) is 5.11 Å². The molecule has 35 heavy (non-hydrogen) atoms. The van der Waals surface area contributed by atoms with Gasteiger partial charge in [0.05, 0.1) is 18.4 Å². The molecule has 0 radical (unpaired) electrons. The molecule has 5 nitrogen and oxygen atoms in total. The Hall–Kier alpha value is -3.28. The molecular weight excluding hydrogens is 460 g/mol. The quantitative estimate of drug-likeness (QED) is 0.480. The monoisotopic (exact) mass is 488 g/mol. The first kappa shape index (κ1) is 23.5. The van der Waals surface area contributed by atoms with Crippen molar-refractivity contribution in [2.45, 2.75) is 31.5 Å². The number of piperidine rings is 1. The number of hydrogen-bond donors (Lipinski definition) is 1. The van der Waals surface area contributed by atoms with Gasteiger partial charge >= 0.3 is 0 Å². The van der Waals surface area contributed by atoms with Crippen molar-refractivity contribution in [3.05, 3.63) is 107 Å². The average molecular weight is 489 g/mol. The predicted octanol–water partition coefficient (Wildman–Crippen LogP) is 5.96. The molecule has 5 rings (SSSR count). The fourth-order valence-electron chi connectivity index (χ4n) is 4.87. The van der Waals surface area contributed by atoms with Gasteiger partial charge in [0.2, 0.25) is 0 Å². The second-order valence-electron chi connectivity index (χ2n) is 9.06. The summed E-state index contributed by atoms with van der Waals surface area (Å²) in [5.41, 5.74) is 5.13. The molecule has 0 saturated carbocycles. The Morgan fingerprint density at radius 2 is 1.94 bits per heavy atom. The first-order valence-corrected chi connectivity index (χ1v) is 12.2. The van der Waals surface area contributed by atoms with E-state index in [0.717, 1.165) is 58.2 Å². The lowest BCUT2D eigenvalue weighted by Crippen LogP contribution is -2.41. The lowest BCUT2D eigenvalue weighted by Gasteiger charge is -2.40. The average Bonchev–Trinajstić information content (AvgIpc) is 3.04. The second-order valence-corrected chi connectivity index (χ2v) is 9.50. The third-order valence-electron chi connectivity index (χ3n) is 6.98. The first-order valence-electron chi connectivity index (χ1n) is 11.8. The van der Waals surface area contributed by atoms with Gasteiger partial charge in [-0.3, -0.25) is 4.98 Å². The van der Waals surface area contributed by atoms with Crippen LogP contribution in [-0.4, -0.2) is 35.2 Å². The van der Waals surface area contributed by atoms with Crippen LogP contribution in [0.5, 0.6) is 11.5 Å². The van der Waals surface area contributed by atoms with E-state index in [-0.39, 0.29) is 0 Å². The van der Waals surface area contributed by atoms with Gasteiger partial charge in [-0.2, -0.15) is 0 Å². The number of hydrogen-bond acceptors (Lipinski definition) is 5. The summed E-state index contributed by atoms with van der Waals surface area (Å²) >= 11 is 6.02. The van der Waals surface area contributed by atoms with E-state index >= 15 is 0 Å². The molecule has 0 atom stereocenters. The number of nitrogens with zero attached hydrogens (tertiary/aromatic N) is 2. The normalized spacial score (nSPS) is 17.7. The summed E-state index contributed by atoms with van der Waals surface area (Å²) in [5, 5.41) is 11.9. The maximum Gasteiger partial charge on any atom is 0.131 e. The topological polar surface area (TPSA) is 54.8 Å². The lowest BCUT2D eigenvalue weighted by molar-refractivity contribution is -0.0188. The third-order valence-corrected chi connectivity index (χ3v) is 7.23. The van der Waals surface area contributed by atoms with Gasteiger partial charge < -0.3 is 19.5 Å². The van der Waals surface area contributed by atoms with E-state index in [2.05, 4.69) is 28.6 Å². The smallest absolute Gasteiger partial charge is 0.131 e. The van der Waals surface area contributed by atoms with Crippen molar-refractivity contribution in [1.29, 1.82) is 0 Å².